The van der Waals surface area contributed by atoms with Gasteiger partial charge in [0, 0.05) is 34.9 Å². The summed E-state index contributed by atoms with van der Waals surface area (Å²) in [6.07, 6.45) is -3.05. The van der Waals surface area contributed by atoms with Crippen LogP contribution < -0.4 is 10.4 Å². The highest BCUT2D eigenvalue weighted by Crippen LogP contribution is 2.30. The Morgan fingerprint density at radius 3 is 2.39 bits per heavy atom. The molecular formula is C28H22F3N2O5-. The lowest BCUT2D eigenvalue weighted by Gasteiger charge is -2.10. The average Bonchev–Trinajstić information content (AvgIpc) is 3.26. The molecule has 0 aliphatic rings. The zero-order valence-corrected chi connectivity index (χ0v) is 20.2. The fraction of sp³-hybridized carbons (Fsp3) is 0.179. The van der Waals surface area contributed by atoms with Gasteiger partial charge in [-0.25, -0.2) is 4.79 Å². The number of carbonyl (C=O) groups excluding carboxylic acids is 3. The summed E-state index contributed by atoms with van der Waals surface area (Å²) < 4.78 is 45.3. The Labute approximate surface area is 215 Å². The molecule has 0 unspecified atom stereocenters. The van der Waals surface area contributed by atoms with Crippen molar-refractivity contribution in [3.05, 3.63) is 95.2 Å². The third kappa shape index (κ3) is 5.86. The van der Waals surface area contributed by atoms with Crippen molar-refractivity contribution in [2.75, 3.05) is 11.9 Å². The minimum atomic E-state index is -4.47. The third-order valence-corrected chi connectivity index (χ3v) is 5.86. The maximum absolute atomic E-state index is 12.9. The number of esters is 1. The lowest BCUT2D eigenvalue weighted by atomic mass is 10.1. The summed E-state index contributed by atoms with van der Waals surface area (Å²) in [6.45, 7) is 1.94. The molecule has 196 valence electrons. The van der Waals surface area contributed by atoms with E-state index in [9.17, 15) is 32.7 Å². The zero-order valence-electron chi connectivity index (χ0n) is 20.2. The minimum Gasteiger partial charge on any atom is -0.545 e. The van der Waals surface area contributed by atoms with Gasteiger partial charge in [0.1, 0.15) is 0 Å². The van der Waals surface area contributed by atoms with Crippen LogP contribution in [0.4, 0.5) is 18.9 Å². The topological polar surface area (TPSA) is 100 Å². The maximum Gasteiger partial charge on any atom is 0.416 e. The first kappa shape index (κ1) is 26.5. The number of carboxylic acid groups (broad SMARTS) is 1. The second-order valence-corrected chi connectivity index (χ2v) is 8.45. The number of aromatic nitrogens is 1. The number of carbonyl (C=O) groups is 3. The van der Waals surface area contributed by atoms with Crippen LogP contribution in [0.25, 0.3) is 16.6 Å². The van der Waals surface area contributed by atoms with E-state index in [1.165, 1.54) is 24.4 Å². The number of hydrogen-bond donors (Lipinski definition) is 1. The number of amides is 1. The molecule has 0 radical (unpaired) electrons. The van der Waals surface area contributed by atoms with Crippen LogP contribution >= 0.6 is 0 Å². The number of alkyl halides is 3. The fourth-order valence-electron chi connectivity index (χ4n) is 4.04. The highest BCUT2D eigenvalue weighted by Gasteiger charge is 2.30. The van der Waals surface area contributed by atoms with E-state index in [0.717, 1.165) is 12.1 Å². The molecule has 1 heterocycles. The lowest BCUT2D eigenvalue weighted by Crippen LogP contribution is -2.21. The van der Waals surface area contributed by atoms with Crippen molar-refractivity contribution in [1.29, 1.82) is 0 Å². The van der Waals surface area contributed by atoms with Gasteiger partial charge in [-0.1, -0.05) is 18.2 Å². The Kier molecular flexibility index (Phi) is 7.52. The first-order chi connectivity index (χ1) is 18.1. The van der Waals surface area contributed by atoms with Crippen LogP contribution in [-0.2, 0) is 22.1 Å². The Morgan fingerprint density at radius 2 is 1.74 bits per heavy atom. The average molecular weight is 523 g/mol. The Morgan fingerprint density at radius 1 is 1.00 bits per heavy atom. The van der Waals surface area contributed by atoms with E-state index in [2.05, 4.69) is 5.32 Å². The van der Waals surface area contributed by atoms with Gasteiger partial charge in [0.15, 0.2) is 0 Å². The summed E-state index contributed by atoms with van der Waals surface area (Å²) in [5.41, 5.74) is 1.27. The van der Waals surface area contributed by atoms with Gasteiger partial charge in [0.2, 0.25) is 5.91 Å². The molecule has 0 bridgehead atoms. The van der Waals surface area contributed by atoms with Gasteiger partial charge in [0.05, 0.1) is 29.2 Å². The van der Waals surface area contributed by atoms with Gasteiger partial charge in [-0.2, -0.15) is 13.2 Å². The van der Waals surface area contributed by atoms with Crippen molar-refractivity contribution in [2.45, 2.75) is 25.9 Å². The first-order valence-electron chi connectivity index (χ1n) is 11.7. The number of fused-ring (bicyclic) bond motifs is 1. The third-order valence-electron chi connectivity index (χ3n) is 5.86. The summed E-state index contributed by atoms with van der Waals surface area (Å²) in [5.74, 6) is -2.32. The molecular weight excluding hydrogens is 501 g/mol. The normalized spacial score (nSPS) is 11.4. The molecule has 0 saturated carbocycles. The lowest BCUT2D eigenvalue weighted by molar-refractivity contribution is -0.254. The number of nitrogens with one attached hydrogen (secondary N) is 1. The number of ether oxygens (including phenoxy) is 1. The molecule has 10 heteroatoms. The smallest absolute Gasteiger partial charge is 0.416 e. The number of halogens is 3. The van der Waals surface area contributed by atoms with Crippen LogP contribution in [0.1, 0.15) is 45.2 Å². The van der Waals surface area contributed by atoms with Crippen molar-refractivity contribution < 1.29 is 37.4 Å². The van der Waals surface area contributed by atoms with Gasteiger partial charge in [-0.3, -0.25) is 4.79 Å². The van der Waals surface area contributed by atoms with Crippen LogP contribution in [0.15, 0.2) is 72.9 Å². The van der Waals surface area contributed by atoms with Crippen LogP contribution in [0.2, 0.25) is 0 Å². The number of anilines is 1. The number of carboxylic acids is 1. The van der Waals surface area contributed by atoms with E-state index in [4.69, 9.17) is 4.74 Å². The maximum atomic E-state index is 12.9. The van der Waals surface area contributed by atoms with Crippen molar-refractivity contribution in [1.82, 2.24) is 4.57 Å². The summed E-state index contributed by atoms with van der Waals surface area (Å²) >= 11 is 0. The molecule has 3 aromatic carbocycles. The number of rotatable bonds is 8. The SMILES string of the molecule is CCOC(=O)c1ccc(-n2cc(C(=O)[O-])c3cc(NC(=O)CCc4cccc(C(F)(F)F)c4)ccc32)cc1. The predicted octanol–water partition coefficient (Wildman–Crippen LogP) is 4.76. The van der Waals surface area contributed by atoms with E-state index in [1.807, 2.05) is 0 Å². The first-order valence-corrected chi connectivity index (χ1v) is 11.7. The molecule has 0 aliphatic heterocycles. The number of nitrogens with zero attached hydrogens (tertiary/aromatic N) is 1. The van der Waals surface area contributed by atoms with E-state index < -0.39 is 29.6 Å². The molecule has 1 N–H and O–H groups in total. The number of aromatic carboxylic acids is 1. The minimum absolute atomic E-state index is 0.0689. The van der Waals surface area contributed by atoms with Crippen molar-refractivity contribution >= 4 is 34.4 Å². The van der Waals surface area contributed by atoms with E-state index >= 15 is 0 Å². The standard InChI is InChI=1S/C28H23F3N2O5/c1-2-38-27(37)18-7-10-21(11-8-18)33-16-23(26(35)36)22-15-20(9-12-24(22)33)32-25(34)13-6-17-4-3-5-19(14-17)28(29,30)31/h3-5,7-12,14-16H,2,6,13H2,1H3,(H,32,34)(H,35,36)/p-1. The summed E-state index contributed by atoms with van der Waals surface area (Å²) in [4.78, 5) is 36.2. The summed E-state index contributed by atoms with van der Waals surface area (Å²) in [5, 5.41) is 14.8. The summed E-state index contributed by atoms with van der Waals surface area (Å²) in [7, 11) is 0. The van der Waals surface area contributed by atoms with E-state index in [-0.39, 0.29) is 25.0 Å². The molecule has 0 aliphatic carbocycles. The highest BCUT2D eigenvalue weighted by atomic mass is 19.4. The monoisotopic (exact) mass is 523 g/mol. The largest absolute Gasteiger partial charge is 0.545 e. The molecule has 0 atom stereocenters. The number of hydrogen-bond acceptors (Lipinski definition) is 5. The van der Waals surface area contributed by atoms with E-state index in [0.29, 0.717) is 33.4 Å². The second kappa shape index (κ2) is 10.8. The summed E-state index contributed by atoms with van der Waals surface area (Å²) in [6, 6.07) is 15.9. The molecule has 38 heavy (non-hydrogen) atoms. The molecule has 0 saturated heterocycles. The van der Waals surface area contributed by atoms with Crippen LogP contribution in [0, 0.1) is 0 Å². The van der Waals surface area contributed by atoms with Crippen molar-refractivity contribution in [3.8, 4) is 5.69 Å². The van der Waals surface area contributed by atoms with Crippen LogP contribution in [0.3, 0.4) is 0 Å². The Balaban J connectivity index is 1.53. The molecule has 4 rings (SSSR count). The molecule has 1 amide bonds. The van der Waals surface area contributed by atoms with Crippen molar-refractivity contribution in [2.24, 2.45) is 0 Å². The number of benzene rings is 3. The zero-order chi connectivity index (χ0) is 27.4. The molecule has 4 aromatic rings. The van der Waals surface area contributed by atoms with Gasteiger partial charge in [-0.15, -0.1) is 0 Å². The van der Waals surface area contributed by atoms with Crippen LogP contribution in [-0.4, -0.2) is 29.0 Å². The number of aryl methyl sites for hydroxylation is 1. The Bertz CT molecular complexity index is 1510. The molecule has 0 fully saturated rings. The quantitative estimate of drug-likeness (QED) is 0.336. The van der Waals surface area contributed by atoms with Gasteiger partial charge < -0.3 is 24.5 Å². The van der Waals surface area contributed by atoms with Crippen molar-refractivity contribution in [3.63, 3.8) is 0 Å². The second-order valence-electron chi connectivity index (χ2n) is 8.45. The molecule has 1 aromatic heterocycles. The molecule has 7 nitrogen and oxygen atoms in total. The predicted molar refractivity (Wildman–Crippen MR) is 132 cm³/mol. The highest BCUT2D eigenvalue weighted by molar-refractivity contribution is 6.05. The molecule has 0 spiro atoms. The fourth-order valence-corrected chi connectivity index (χ4v) is 4.04. The van der Waals surface area contributed by atoms with Gasteiger partial charge in [-0.05, 0) is 67.4 Å². The Hall–Kier alpha value is -4.60. The van der Waals surface area contributed by atoms with Gasteiger partial charge in [0.25, 0.3) is 0 Å². The van der Waals surface area contributed by atoms with Crippen LogP contribution in [0.5, 0.6) is 0 Å². The van der Waals surface area contributed by atoms with Gasteiger partial charge >= 0.3 is 12.1 Å². The van der Waals surface area contributed by atoms with E-state index in [1.54, 1.807) is 47.9 Å².